The van der Waals surface area contributed by atoms with E-state index in [0.29, 0.717) is 17.5 Å². The molecule has 0 radical (unpaired) electrons. The molecule has 7 nitrogen and oxygen atoms in total. The number of nitrogens with zero attached hydrogens (tertiary/aromatic N) is 2. The van der Waals surface area contributed by atoms with Crippen molar-refractivity contribution >= 4 is 12.0 Å². The molecule has 1 fully saturated rings. The van der Waals surface area contributed by atoms with Crippen LogP contribution in [0.15, 0.2) is 41.2 Å². The van der Waals surface area contributed by atoms with Gasteiger partial charge < -0.3 is 24.6 Å². The van der Waals surface area contributed by atoms with Crippen LogP contribution < -0.4 is 0 Å². The molecule has 1 saturated heterocycles. The number of furan rings is 1. The Balaban J connectivity index is 1.52. The van der Waals surface area contributed by atoms with E-state index >= 15 is 0 Å². The Hall–Kier alpha value is -2.98. The normalized spacial score (nSPS) is 24.5. The quantitative estimate of drug-likeness (QED) is 0.402. The van der Waals surface area contributed by atoms with Crippen molar-refractivity contribution in [2.45, 2.75) is 49.4 Å². The van der Waals surface area contributed by atoms with Crippen LogP contribution in [0, 0.1) is 0 Å². The lowest BCUT2D eigenvalue weighted by Crippen LogP contribution is -2.64. The number of fused-ring (bicyclic) bond motifs is 4. The minimum absolute atomic E-state index is 0.114. The van der Waals surface area contributed by atoms with Crippen LogP contribution in [0.3, 0.4) is 0 Å². The second-order valence-electron chi connectivity index (χ2n) is 9.40. The number of likely N-dealkylation sites (N-methyl/N-ethyl adjacent to an activating group) is 1. The third kappa shape index (κ3) is 5.18. The van der Waals surface area contributed by atoms with Crippen LogP contribution in [-0.4, -0.2) is 75.5 Å². The number of aliphatic hydroxyl groups is 1. The summed E-state index contributed by atoms with van der Waals surface area (Å²) in [7, 11) is 1.61. The maximum Gasteiger partial charge on any atom is 0.401 e. The van der Waals surface area contributed by atoms with Crippen molar-refractivity contribution in [2.24, 2.45) is 0 Å². The van der Waals surface area contributed by atoms with Crippen LogP contribution in [0.2, 0.25) is 0 Å². The number of likely N-dealkylation sites (tertiary alicyclic amines) is 1. The van der Waals surface area contributed by atoms with E-state index in [4.69, 9.17) is 4.42 Å². The zero-order valence-electron chi connectivity index (χ0n) is 19.3. The summed E-state index contributed by atoms with van der Waals surface area (Å²) < 4.78 is 44.8. The maximum atomic E-state index is 13.3. The number of carbonyl (C=O) groups excluding carboxylic acids is 1. The Morgan fingerprint density at radius 3 is 2.77 bits per heavy atom. The number of benzene rings is 1. The van der Waals surface area contributed by atoms with Gasteiger partial charge in [0.05, 0.1) is 24.7 Å². The molecule has 2 heterocycles. The Bertz CT molecular complexity index is 1090. The summed E-state index contributed by atoms with van der Waals surface area (Å²) in [5.74, 6) is -1.54. The summed E-state index contributed by atoms with van der Waals surface area (Å²) in [4.78, 5) is 15.1. The Morgan fingerprint density at radius 1 is 1.31 bits per heavy atom. The van der Waals surface area contributed by atoms with Crippen molar-refractivity contribution in [2.75, 3.05) is 26.7 Å². The average Bonchev–Trinajstić information content (AvgIpc) is 3.29. The molecule has 0 unspecified atom stereocenters. The van der Waals surface area contributed by atoms with Gasteiger partial charge in [0, 0.05) is 42.8 Å². The highest BCUT2D eigenvalue weighted by molar-refractivity contribution is 5.91. The van der Waals surface area contributed by atoms with Gasteiger partial charge in [0.15, 0.2) is 11.5 Å². The van der Waals surface area contributed by atoms with Gasteiger partial charge in [-0.15, -0.1) is 0 Å². The monoisotopic (exact) mass is 494 g/mol. The van der Waals surface area contributed by atoms with Crippen molar-refractivity contribution in [3.63, 3.8) is 0 Å². The number of carbonyl (C=O) groups is 1. The topological polar surface area (TPSA) is 97.4 Å². The summed E-state index contributed by atoms with van der Waals surface area (Å²) in [5, 5.41) is 32.4. The Kier molecular flexibility index (Phi) is 6.88. The molecule has 0 saturated carbocycles. The molecule has 1 aliphatic heterocycles. The van der Waals surface area contributed by atoms with Crippen molar-refractivity contribution in [1.82, 2.24) is 9.80 Å². The van der Waals surface area contributed by atoms with Crippen molar-refractivity contribution < 1.29 is 37.7 Å². The van der Waals surface area contributed by atoms with Crippen LogP contribution in [0.4, 0.5) is 13.2 Å². The van der Waals surface area contributed by atoms with Gasteiger partial charge in [-0.05, 0) is 56.0 Å². The molecule has 190 valence electrons. The number of alkyl halides is 3. The molecule has 35 heavy (non-hydrogen) atoms. The summed E-state index contributed by atoms with van der Waals surface area (Å²) in [6.45, 7) is -0.735. The van der Waals surface area contributed by atoms with E-state index in [-0.39, 0.29) is 49.8 Å². The largest absolute Gasteiger partial charge is 0.504 e. The molecule has 0 spiro atoms. The van der Waals surface area contributed by atoms with Gasteiger partial charge in [0.1, 0.15) is 0 Å². The van der Waals surface area contributed by atoms with E-state index in [1.165, 1.54) is 34.5 Å². The van der Waals surface area contributed by atoms with Crippen LogP contribution >= 0.6 is 0 Å². The molecule has 4 rings (SSSR count). The minimum Gasteiger partial charge on any atom is -0.504 e. The van der Waals surface area contributed by atoms with Crippen LogP contribution in [0.25, 0.3) is 6.08 Å². The van der Waals surface area contributed by atoms with E-state index < -0.39 is 30.3 Å². The summed E-state index contributed by atoms with van der Waals surface area (Å²) in [5.41, 5.74) is 0.215. The average molecular weight is 495 g/mol. The number of aromatic hydroxyl groups is 2. The van der Waals surface area contributed by atoms with Gasteiger partial charge in [-0.25, -0.2) is 0 Å². The van der Waals surface area contributed by atoms with Crippen molar-refractivity contribution in [1.29, 1.82) is 0 Å². The second kappa shape index (κ2) is 9.58. The molecule has 2 bridgehead atoms. The van der Waals surface area contributed by atoms with E-state index in [1.54, 1.807) is 25.3 Å². The van der Waals surface area contributed by atoms with Gasteiger partial charge >= 0.3 is 6.18 Å². The zero-order valence-corrected chi connectivity index (χ0v) is 19.3. The number of rotatable bonds is 7. The first-order valence-corrected chi connectivity index (χ1v) is 11.5. The van der Waals surface area contributed by atoms with Gasteiger partial charge in [-0.3, -0.25) is 9.69 Å². The Labute approximate surface area is 201 Å². The highest BCUT2D eigenvalue weighted by atomic mass is 19.4. The lowest BCUT2D eigenvalue weighted by Gasteiger charge is -2.55. The number of halogens is 3. The van der Waals surface area contributed by atoms with E-state index in [2.05, 4.69) is 0 Å². The fourth-order valence-corrected chi connectivity index (χ4v) is 5.50. The van der Waals surface area contributed by atoms with Crippen LogP contribution in [0.5, 0.6) is 11.5 Å². The SMILES string of the molecule is CN(CCC[C@]1(O)[C@H]2CCN(CC(F)(F)F)[C@@H]1Cc1ccc(O)c(O)c12)C(=O)/C=C/c1ccoc1. The van der Waals surface area contributed by atoms with E-state index in [1.807, 2.05) is 0 Å². The third-order valence-electron chi connectivity index (χ3n) is 7.16. The van der Waals surface area contributed by atoms with Crippen molar-refractivity contribution in [3.8, 4) is 11.5 Å². The number of phenols is 2. The molecule has 3 N–H and O–H groups in total. The van der Waals surface area contributed by atoms with E-state index in [9.17, 15) is 33.3 Å². The molecule has 10 heteroatoms. The smallest absolute Gasteiger partial charge is 0.401 e. The number of amides is 1. The van der Waals surface area contributed by atoms with Gasteiger partial charge in [0.25, 0.3) is 0 Å². The molecule has 1 aromatic heterocycles. The molecule has 2 aromatic rings. The first-order chi connectivity index (χ1) is 16.5. The first kappa shape index (κ1) is 25.1. The van der Waals surface area contributed by atoms with Crippen LogP contribution in [0.1, 0.15) is 41.9 Å². The summed E-state index contributed by atoms with van der Waals surface area (Å²) in [6.07, 6.45) is 2.39. The van der Waals surface area contributed by atoms with Gasteiger partial charge in [-0.1, -0.05) is 6.07 Å². The molecule has 3 atom stereocenters. The molecular formula is C25H29F3N2O5. The second-order valence-corrected chi connectivity index (χ2v) is 9.40. The highest BCUT2D eigenvalue weighted by Gasteiger charge is 2.55. The predicted octanol–water partition coefficient (Wildman–Crippen LogP) is 3.65. The molecular weight excluding hydrogens is 465 g/mol. The fourth-order valence-electron chi connectivity index (χ4n) is 5.50. The molecule has 1 amide bonds. The first-order valence-electron chi connectivity index (χ1n) is 11.5. The maximum absolute atomic E-state index is 13.3. The van der Waals surface area contributed by atoms with Gasteiger partial charge in [-0.2, -0.15) is 13.2 Å². The molecule has 1 aromatic carbocycles. The zero-order chi connectivity index (χ0) is 25.4. The predicted molar refractivity (Wildman–Crippen MR) is 122 cm³/mol. The lowest BCUT2D eigenvalue weighted by molar-refractivity contribution is -0.180. The molecule has 2 aliphatic rings. The minimum atomic E-state index is -4.42. The number of hydrogen-bond donors (Lipinski definition) is 3. The molecule has 1 aliphatic carbocycles. The highest BCUT2D eigenvalue weighted by Crippen LogP contribution is 2.53. The number of hydrogen-bond acceptors (Lipinski definition) is 6. The standard InChI is InChI=1S/C25H29F3N2O5/c1-29(21(32)6-3-16-8-12-35-14-16)10-2-9-24(34)18-7-11-30(15-25(26,27)28)20(24)13-17-4-5-19(31)23(33)22(17)18/h3-6,8,12,14,18,20,31,33-34H,2,7,9-11,13,15H2,1H3/b6-3+/t18-,20+,24-/m0/s1. The van der Waals surface area contributed by atoms with E-state index in [0.717, 1.165) is 5.56 Å². The number of phenolic OH excluding ortho intramolecular Hbond substituents is 2. The Morgan fingerprint density at radius 2 is 2.09 bits per heavy atom. The van der Waals surface area contributed by atoms with Crippen molar-refractivity contribution in [3.05, 3.63) is 53.5 Å². The summed E-state index contributed by atoms with van der Waals surface area (Å²) >= 11 is 0. The summed E-state index contributed by atoms with van der Waals surface area (Å²) in [6, 6.07) is 3.82. The van der Waals surface area contributed by atoms with Gasteiger partial charge in [0.2, 0.25) is 5.91 Å². The third-order valence-corrected chi connectivity index (χ3v) is 7.16. The number of piperidine rings is 1. The lowest BCUT2D eigenvalue weighted by atomic mass is 9.62. The van der Waals surface area contributed by atoms with Crippen LogP contribution in [-0.2, 0) is 11.2 Å². The fraction of sp³-hybridized carbons (Fsp3) is 0.480.